The summed E-state index contributed by atoms with van der Waals surface area (Å²) in [5.74, 6) is 0.756. The zero-order chi connectivity index (χ0) is 17.8. The van der Waals surface area contributed by atoms with Gasteiger partial charge in [-0.1, -0.05) is 13.8 Å². The molecule has 0 fully saturated rings. The molecule has 0 saturated heterocycles. The molecule has 5 nitrogen and oxygen atoms in total. The molecule has 0 N–H and O–H groups in total. The Balaban J connectivity index is 3.43. The molecule has 0 radical (unpaired) electrons. The van der Waals surface area contributed by atoms with Gasteiger partial charge in [-0.3, -0.25) is 10.1 Å². The molecule has 0 aromatic heterocycles. The molecule has 23 heavy (non-hydrogen) atoms. The number of alkyl halides is 3. The van der Waals surface area contributed by atoms with Crippen molar-refractivity contribution < 1.29 is 18.1 Å². The van der Waals surface area contributed by atoms with E-state index in [4.69, 9.17) is 0 Å². The third kappa shape index (κ3) is 4.67. The first-order chi connectivity index (χ1) is 10.6. The molecule has 0 aliphatic heterocycles. The van der Waals surface area contributed by atoms with E-state index in [-0.39, 0.29) is 11.6 Å². The minimum Gasteiger partial charge on any atom is -0.366 e. The minimum atomic E-state index is -4.80. The number of rotatable bonds is 5. The predicted octanol–water partition coefficient (Wildman–Crippen LogP) is 4.64. The Morgan fingerprint density at radius 3 is 2.26 bits per heavy atom. The zero-order valence-electron chi connectivity index (χ0n) is 13.5. The second-order valence-electron chi connectivity index (χ2n) is 5.33. The molecule has 128 valence electrons. The third-order valence-corrected chi connectivity index (χ3v) is 3.53. The van der Waals surface area contributed by atoms with Gasteiger partial charge in [0.15, 0.2) is 0 Å². The average Bonchev–Trinajstić information content (AvgIpc) is 2.46. The topological polar surface area (TPSA) is 58.7 Å². The highest BCUT2D eigenvalue weighted by molar-refractivity contribution is 5.86. The fourth-order valence-corrected chi connectivity index (χ4v) is 2.32. The van der Waals surface area contributed by atoms with Crippen LogP contribution in [-0.4, -0.2) is 29.8 Å². The number of hydrogen-bond acceptors (Lipinski definition) is 3. The highest BCUT2D eigenvalue weighted by atomic mass is 19.4. The Kier molecular flexibility index (Phi) is 6.12. The summed E-state index contributed by atoms with van der Waals surface area (Å²) in [4.78, 5) is 15.8. The van der Waals surface area contributed by atoms with E-state index >= 15 is 0 Å². The molecule has 1 rings (SSSR count). The molecular weight excluding hydrogens is 311 g/mol. The van der Waals surface area contributed by atoms with Crippen molar-refractivity contribution in [2.45, 2.75) is 32.9 Å². The summed E-state index contributed by atoms with van der Waals surface area (Å²) in [7, 11) is 3.54. The molecule has 1 aromatic rings. The highest BCUT2D eigenvalue weighted by Gasteiger charge is 2.38. The standard InChI is InChI=1S/C15H20F3N3O2/c1-5-10(6-2)14(20(3)4)19-11-7-8-13(21(22)23)12(9-11)15(16,17)18/h7-10H,5-6H2,1-4H3. The fourth-order valence-electron chi connectivity index (χ4n) is 2.32. The molecule has 0 heterocycles. The largest absolute Gasteiger partial charge is 0.423 e. The van der Waals surface area contributed by atoms with E-state index in [1.165, 1.54) is 6.07 Å². The van der Waals surface area contributed by atoms with Gasteiger partial charge in [-0.05, 0) is 25.0 Å². The van der Waals surface area contributed by atoms with Crippen LogP contribution >= 0.6 is 0 Å². The van der Waals surface area contributed by atoms with Crippen molar-refractivity contribution in [3.63, 3.8) is 0 Å². The van der Waals surface area contributed by atoms with Crippen LogP contribution in [0.25, 0.3) is 0 Å². The van der Waals surface area contributed by atoms with Crippen LogP contribution in [-0.2, 0) is 6.18 Å². The Labute approximate surface area is 133 Å². The number of nitro groups is 1. The summed E-state index contributed by atoms with van der Waals surface area (Å²) < 4.78 is 39.0. The van der Waals surface area contributed by atoms with Crippen LogP contribution in [0.3, 0.4) is 0 Å². The van der Waals surface area contributed by atoms with E-state index in [0.29, 0.717) is 5.84 Å². The van der Waals surface area contributed by atoms with E-state index in [9.17, 15) is 23.3 Å². The van der Waals surface area contributed by atoms with Crippen LogP contribution in [0.15, 0.2) is 23.2 Å². The van der Waals surface area contributed by atoms with Gasteiger partial charge in [-0.25, -0.2) is 4.99 Å². The molecule has 8 heteroatoms. The third-order valence-electron chi connectivity index (χ3n) is 3.53. The summed E-state index contributed by atoms with van der Waals surface area (Å²) in [6.45, 7) is 3.95. The SMILES string of the molecule is CCC(CC)C(=Nc1ccc([N+](=O)[O-])c(C(F)(F)F)c1)N(C)C. The maximum atomic E-state index is 13.0. The first-order valence-corrected chi connectivity index (χ1v) is 7.23. The van der Waals surface area contributed by atoms with Crippen LogP contribution < -0.4 is 0 Å². The molecule has 0 unspecified atom stereocenters. The minimum absolute atomic E-state index is 0.0542. The summed E-state index contributed by atoms with van der Waals surface area (Å²) >= 11 is 0. The molecule has 0 aliphatic rings. The lowest BCUT2D eigenvalue weighted by molar-refractivity contribution is -0.388. The fraction of sp³-hybridized carbons (Fsp3) is 0.533. The molecule has 0 atom stereocenters. The van der Waals surface area contributed by atoms with Gasteiger partial charge in [0, 0.05) is 26.1 Å². The lowest BCUT2D eigenvalue weighted by Crippen LogP contribution is -2.29. The molecular formula is C15H20F3N3O2. The Bertz CT molecular complexity index is 594. The van der Waals surface area contributed by atoms with Gasteiger partial charge in [-0.2, -0.15) is 13.2 Å². The second kappa shape index (κ2) is 7.43. The summed E-state index contributed by atoms with van der Waals surface area (Å²) in [5, 5.41) is 10.8. The summed E-state index contributed by atoms with van der Waals surface area (Å²) in [5.41, 5.74) is -2.20. The van der Waals surface area contributed by atoms with Gasteiger partial charge in [0.2, 0.25) is 0 Å². The lowest BCUT2D eigenvalue weighted by atomic mass is 10.0. The van der Waals surface area contributed by atoms with Crippen molar-refractivity contribution in [3.8, 4) is 0 Å². The first kappa shape index (κ1) is 18.9. The van der Waals surface area contributed by atoms with Crippen LogP contribution in [0.1, 0.15) is 32.3 Å². The van der Waals surface area contributed by atoms with Crippen LogP contribution in [0.4, 0.5) is 24.5 Å². The average molecular weight is 331 g/mol. The molecule has 0 amide bonds. The Morgan fingerprint density at radius 2 is 1.87 bits per heavy atom. The van der Waals surface area contributed by atoms with Crippen molar-refractivity contribution in [2.24, 2.45) is 10.9 Å². The van der Waals surface area contributed by atoms with Crippen molar-refractivity contribution in [1.82, 2.24) is 4.90 Å². The quantitative estimate of drug-likeness (QED) is 0.342. The smallest absolute Gasteiger partial charge is 0.366 e. The number of nitrogens with zero attached hydrogens (tertiary/aromatic N) is 3. The molecule has 0 spiro atoms. The van der Waals surface area contributed by atoms with Crippen molar-refractivity contribution >= 4 is 17.2 Å². The number of benzene rings is 1. The van der Waals surface area contributed by atoms with Gasteiger partial charge < -0.3 is 4.90 Å². The van der Waals surface area contributed by atoms with Gasteiger partial charge in [0.25, 0.3) is 5.69 Å². The van der Waals surface area contributed by atoms with Crippen LogP contribution in [0.2, 0.25) is 0 Å². The predicted molar refractivity (Wildman–Crippen MR) is 83.0 cm³/mol. The number of nitro benzene ring substituents is 1. The number of hydrogen-bond donors (Lipinski definition) is 0. The lowest BCUT2D eigenvalue weighted by Gasteiger charge is -2.23. The molecule has 1 aromatic carbocycles. The van der Waals surface area contributed by atoms with Crippen molar-refractivity contribution in [2.75, 3.05) is 14.1 Å². The van der Waals surface area contributed by atoms with Crippen molar-refractivity contribution in [1.29, 1.82) is 0 Å². The van der Waals surface area contributed by atoms with E-state index in [1.54, 1.807) is 19.0 Å². The van der Waals surface area contributed by atoms with Gasteiger partial charge >= 0.3 is 6.18 Å². The number of amidine groups is 1. The number of halogens is 3. The molecule has 0 bridgehead atoms. The van der Waals surface area contributed by atoms with Crippen molar-refractivity contribution in [3.05, 3.63) is 33.9 Å². The molecule has 0 aliphatic carbocycles. The van der Waals surface area contributed by atoms with Gasteiger partial charge in [-0.15, -0.1) is 0 Å². The maximum Gasteiger partial charge on any atom is 0.423 e. The summed E-state index contributed by atoms with van der Waals surface area (Å²) in [6.07, 6.45) is -3.21. The second-order valence-corrected chi connectivity index (χ2v) is 5.33. The zero-order valence-corrected chi connectivity index (χ0v) is 13.5. The normalized spacial score (nSPS) is 12.6. The van der Waals surface area contributed by atoms with Crippen LogP contribution in [0, 0.1) is 16.0 Å². The molecule has 0 saturated carbocycles. The van der Waals surface area contributed by atoms with Crippen LogP contribution in [0.5, 0.6) is 0 Å². The highest BCUT2D eigenvalue weighted by Crippen LogP contribution is 2.38. The first-order valence-electron chi connectivity index (χ1n) is 7.23. The van der Waals surface area contributed by atoms with E-state index in [1.807, 2.05) is 13.8 Å². The Hall–Kier alpha value is -2.12. The van der Waals surface area contributed by atoms with E-state index in [0.717, 1.165) is 25.0 Å². The summed E-state index contributed by atoms with van der Waals surface area (Å²) in [6, 6.07) is 2.81. The van der Waals surface area contributed by atoms with E-state index in [2.05, 4.69) is 4.99 Å². The monoisotopic (exact) mass is 331 g/mol. The number of aliphatic imine (C=N–C) groups is 1. The van der Waals surface area contributed by atoms with Gasteiger partial charge in [0.05, 0.1) is 10.6 Å². The van der Waals surface area contributed by atoms with E-state index < -0.39 is 22.4 Å². The Morgan fingerprint density at radius 1 is 1.30 bits per heavy atom. The van der Waals surface area contributed by atoms with Gasteiger partial charge in [0.1, 0.15) is 11.4 Å². The maximum absolute atomic E-state index is 13.0.